The Morgan fingerprint density at radius 1 is 1.60 bits per heavy atom. The molecule has 2 heterocycles. The van der Waals surface area contributed by atoms with E-state index in [-0.39, 0.29) is 0 Å². The summed E-state index contributed by atoms with van der Waals surface area (Å²) < 4.78 is 5.08. The predicted octanol–water partition coefficient (Wildman–Crippen LogP) is 1.39. The van der Waals surface area contributed by atoms with E-state index in [1.807, 2.05) is 6.07 Å². The standard InChI is InChI=1S/C11H13N3O/c1-15-11-8(7-12)4-5-10(14-11)9-3-2-6-13-9/h4-5,9,13H,2-3,6H2,1H3. The minimum atomic E-state index is 0.312. The maximum atomic E-state index is 8.82. The topological polar surface area (TPSA) is 57.9 Å². The summed E-state index contributed by atoms with van der Waals surface area (Å²) in [5, 5.41) is 12.2. The number of hydrogen-bond acceptors (Lipinski definition) is 4. The predicted molar refractivity (Wildman–Crippen MR) is 55.5 cm³/mol. The molecule has 0 amide bonds. The van der Waals surface area contributed by atoms with Gasteiger partial charge in [-0.1, -0.05) is 0 Å². The quantitative estimate of drug-likeness (QED) is 0.789. The van der Waals surface area contributed by atoms with Crippen LogP contribution in [-0.2, 0) is 0 Å². The van der Waals surface area contributed by atoms with Crippen LogP contribution in [0, 0.1) is 11.3 Å². The van der Waals surface area contributed by atoms with Crippen LogP contribution in [0.3, 0.4) is 0 Å². The summed E-state index contributed by atoms with van der Waals surface area (Å²) in [6, 6.07) is 6.03. The molecule has 1 N–H and O–H groups in total. The van der Waals surface area contributed by atoms with Crippen LogP contribution in [0.2, 0.25) is 0 Å². The van der Waals surface area contributed by atoms with Gasteiger partial charge in [-0.25, -0.2) is 4.98 Å². The van der Waals surface area contributed by atoms with Crippen LogP contribution in [0.5, 0.6) is 5.88 Å². The minimum absolute atomic E-state index is 0.312. The fourth-order valence-electron chi connectivity index (χ4n) is 1.83. The monoisotopic (exact) mass is 203 g/mol. The van der Waals surface area contributed by atoms with Crippen molar-refractivity contribution in [1.29, 1.82) is 5.26 Å². The van der Waals surface area contributed by atoms with Gasteiger partial charge < -0.3 is 10.1 Å². The number of methoxy groups -OCH3 is 1. The Labute approximate surface area is 88.9 Å². The van der Waals surface area contributed by atoms with Gasteiger partial charge in [0.2, 0.25) is 5.88 Å². The molecule has 0 aromatic carbocycles. The maximum absolute atomic E-state index is 8.82. The first-order valence-corrected chi connectivity index (χ1v) is 5.03. The maximum Gasteiger partial charge on any atom is 0.231 e. The van der Waals surface area contributed by atoms with Crippen molar-refractivity contribution < 1.29 is 4.74 Å². The molecule has 4 nitrogen and oxygen atoms in total. The Bertz CT molecular complexity index is 391. The Kier molecular flexibility index (Phi) is 2.84. The third-order valence-corrected chi connectivity index (χ3v) is 2.61. The van der Waals surface area contributed by atoms with Crippen LogP contribution in [0.4, 0.5) is 0 Å². The second kappa shape index (κ2) is 4.28. The number of nitriles is 1. The largest absolute Gasteiger partial charge is 0.480 e. The van der Waals surface area contributed by atoms with Gasteiger partial charge in [0.15, 0.2) is 0 Å². The minimum Gasteiger partial charge on any atom is -0.480 e. The van der Waals surface area contributed by atoms with E-state index in [4.69, 9.17) is 10.00 Å². The van der Waals surface area contributed by atoms with Gasteiger partial charge >= 0.3 is 0 Å². The van der Waals surface area contributed by atoms with E-state index >= 15 is 0 Å². The van der Waals surface area contributed by atoms with Crippen LogP contribution in [0.15, 0.2) is 12.1 Å². The van der Waals surface area contributed by atoms with E-state index in [9.17, 15) is 0 Å². The zero-order chi connectivity index (χ0) is 10.7. The molecule has 4 heteroatoms. The third kappa shape index (κ3) is 1.92. The molecule has 1 aliphatic heterocycles. The van der Waals surface area contributed by atoms with Crippen molar-refractivity contribution in [1.82, 2.24) is 10.3 Å². The molecule has 1 atom stereocenters. The lowest BCUT2D eigenvalue weighted by Crippen LogP contribution is -2.14. The van der Waals surface area contributed by atoms with Gasteiger partial charge in [-0.05, 0) is 31.5 Å². The summed E-state index contributed by atoms with van der Waals surface area (Å²) >= 11 is 0. The van der Waals surface area contributed by atoms with Gasteiger partial charge in [0.1, 0.15) is 11.6 Å². The van der Waals surface area contributed by atoms with Crippen molar-refractivity contribution in [3.63, 3.8) is 0 Å². The average molecular weight is 203 g/mol. The van der Waals surface area contributed by atoms with Crippen LogP contribution in [-0.4, -0.2) is 18.6 Å². The van der Waals surface area contributed by atoms with Crippen LogP contribution < -0.4 is 10.1 Å². The molecular formula is C11H13N3O. The van der Waals surface area contributed by atoms with E-state index < -0.39 is 0 Å². The fraction of sp³-hybridized carbons (Fsp3) is 0.455. The molecule has 78 valence electrons. The molecule has 0 radical (unpaired) electrons. The molecule has 1 aromatic heterocycles. The highest BCUT2D eigenvalue weighted by Crippen LogP contribution is 2.24. The van der Waals surface area contributed by atoms with Crippen molar-refractivity contribution in [2.75, 3.05) is 13.7 Å². The number of aromatic nitrogens is 1. The van der Waals surface area contributed by atoms with Crippen LogP contribution in [0.1, 0.15) is 30.1 Å². The Morgan fingerprint density at radius 2 is 2.47 bits per heavy atom. The zero-order valence-corrected chi connectivity index (χ0v) is 8.66. The second-order valence-electron chi connectivity index (χ2n) is 3.55. The van der Waals surface area contributed by atoms with Gasteiger partial charge in [-0.15, -0.1) is 0 Å². The van der Waals surface area contributed by atoms with E-state index in [0.29, 0.717) is 17.5 Å². The van der Waals surface area contributed by atoms with Crippen molar-refractivity contribution in [2.45, 2.75) is 18.9 Å². The molecule has 1 saturated heterocycles. The van der Waals surface area contributed by atoms with E-state index in [1.165, 1.54) is 13.5 Å². The molecule has 0 aliphatic carbocycles. The summed E-state index contributed by atoms with van der Waals surface area (Å²) in [7, 11) is 1.54. The number of rotatable bonds is 2. The first-order chi connectivity index (χ1) is 7.35. The highest BCUT2D eigenvalue weighted by Gasteiger charge is 2.18. The smallest absolute Gasteiger partial charge is 0.231 e. The molecule has 0 bridgehead atoms. The van der Waals surface area contributed by atoms with Crippen molar-refractivity contribution >= 4 is 0 Å². The van der Waals surface area contributed by atoms with Gasteiger partial charge in [-0.3, -0.25) is 0 Å². The number of pyridine rings is 1. The van der Waals surface area contributed by atoms with Crippen LogP contribution in [0.25, 0.3) is 0 Å². The highest BCUT2D eigenvalue weighted by atomic mass is 16.5. The molecule has 2 rings (SSSR count). The molecule has 1 unspecified atom stereocenters. The van der Waals surface area contributed by atoms with Gasteiger partial charge in [0, 0.05) is 6.04 Å². The molecule has 0 saturated carbocycles. The summed E-state index contributed by atoms with van der Waals surface area (Å²) in [6.45, 7) is 1.04. The lowest BCUT2D eigenvalue weighted by molar-refractivity contribution is 0.392. The van der Waals surface area contributed by atoms with Gasteiger partial charge in [0.25, 0.3) is 0 Å². The molecule has 0 spiro atoms. The first kappa shape index (κ1) is 9.94. The van der Waals surface area contributed by atoms with Gasteiger partial charge in [0.05, 0.1) is 12.8 Å². The van der Waals surface area contributed by atoms with Crippen molar-refractivity contribution in [3.8, 4) is 11.9 Å². The second-order valence-corrected chi connectivity index (χ2v) is 3.55. The zero-order valence-electron chi connectivity index (χ0n) is 8.66. The normalized spacial score (nSPS) is 19.9. The summed E-state index contributed by atoms with van der Waals surface area (Å²) in [5.41, 5.74) is 1.45. The molecule has 1 aliphatic rings. The molecule has 15 heavy (non-hydrogen) atoms. The molecular weight excluding hydrogens is 190 g/mol. The Morgan fingerprint density at radius 3 is 3.07 bits per heavy atom. The third-order valence-electron chi connectivity index (χ3n) is 2.61. The molecule has 1 fully saturated rings. The SMILES string of the molecule is COc1nc(C2CCCN2)ccc1C#N. The van der Waals surface area contributed by atoms with Gasteiger partial charge in [-0.2, -0.15) is 5.26 Å². The molecule has 1 aromatic rings. The number of nitrogens with one attached hydrogen (secondary N) is 1. The van der Waals surface area contributed by atoms with E-state index in [0.717, 1.165) is 18.7 Å². The summed E-state index contributed by atoms with van der Waals surface area (Å²) in [6.07, 6.45) is 2.27. The van der Waals surface area contributed by atoms with E-state index in [1.54, 1.807) is 6.07 Å². The first-order valence-electron chi connectivity index (χ1n) is 5.03. The Balaban J connectivity index is 2.30. The lowest BCUT2D eigenvalue weighted by atomic mass is 10.1. The lowest BCUT2D eigenvalue weighted by Gasteiger charge is -2.11. The summed E-state index contributed by atoms with van der Waals surface area (Å²) in [5.74, 6) is 0.420. The highest BCUT2D eigenvalue weighted by molar-refractivity contribution is 5.39. The number of hydrogen-bond donors (Lipinski definition) is 1. The number of ether oxygens (including phenoxy) is 1. The van der Waals surface area contributed by atoms with E-state index in [2.05, 4.69) is 16.4 Å². The van der Waals surface area contributed by atoms with Crippen LogP contribution >= 0.6 is 0 Å². The summed E-state index contributed by atoms with van der Waals surface area (Å²) in [4.78, 5) is 4.34. The van der Waals surface area contributed by atoms with Crippen molar-refractivity contribution in [2.24, 2.45) is 0 Å². The number of nitrogens with zero attached hydrogens (tertiary/aromatic N) is 2. The van der Waals surface area contributed by atoms with Crippen molar-refractivity contribution in [3.05, 3.63) is 23.4 Å². The fourth-order valence-corrected chi connectivity index (χ4v) is 1.83. The Hall–Kier alpha value is -1.60. The average Bonchev–Trinajstić information content (AvgIpc) is 2.81.